The number of nitrogens with one attached hydrogen (secondary N) is 2. The van der Waals surface area contributed by atoms with Crippen LogP contribution < -0.4 is 10.6 Å². The van der Waals surface area contributed by atoms with Crippen molar-refractivity contribution in [2.75, 3.05) is 19.7 Å². The molecule has 3 atom stereocenters. The van der Waals surface area contributed by atoms with Gasteiger partial charge in [0.1, 0.15) is 0 Å². The zero-order valence-corrected chi connectivity index (χ0v) is 11.4. The van der Waals surface area contributed by atoms with E-state index in [4.69, 9.17) is 4.74 Å². The first kappa shape index (κ1) is 13.3. The van der Waals surface area contributed by atoms with E-state index in [0.29, 0.717) is 6.10 Å². The second-order valence-electron chi connectivity index (χ2n) is 5.90. The fraction of sp³-hybridized carbons (Fsp3) is 1.00. The highest BCUT2D eigenvalue weighted by Crippen LogP contribution is 2.25. The normalized spacial score (nSPS) is 38.5. The quantitative estimate of drug-likeness (QED) is 0.722. The summed E-state index contributed by atoms with van der Waals surface area (Å²) in [6.07, 6.45) is 8.25. The van der Waals surface area contributed by atoms with Crippen molar-refractivity contribution < 1.29 is 4.74 Å². The maximum atomic E-state index is 5.64. The predicted molar refractivity (Wildman–Crippen MR) is 71.3 cm³/mol. The minimum absolute atomic E-state index is 0.208. The maximum Gasteiger partial charge on any atom is 0.0726 e. The summed E-state index contributed by atoms with van der Waals surface area (Å²) >= 11 is 0. The molecule has 0 aromatic rings. The van der Waals surface area contributed by atoms with Gasteiger partial charge in [-0.15, -0.1) is 0 Å². The largest absolute Gasteiger partial charge is 0.377 e. The van der Waals surface area contributed by atoms with Crippen molar-refractivity contribution in [3.8, 4) is 0 Å². The second kappa shape index (κ2) is 6.17. The SMILES string of the molecule is CC1OCCC1(C)NCCCC1CCCCN1. The Hall–Kier alpha value is -0.120. The van der Waals surface area contributed by atoms with Gasteiger partial charge >= 0.3 is 0 Å². The van der Waals surface area contributed by atoms with Crippen molar-refractivity contribution in [2.24, 2.45) is 0 Å². The van der Waals surface area contributed by atoms with Crippen LogP contribution in [0.5, 0.6) is 0 Å². The van der Waals surface area contributed by atoms with E-state index in [1.807, 2.05) is 0 Å². The van der Waals surface area contributed by atoms with E-state index in [1.54, 1.807) is 0 Å². The Morgan fingerprint density at radius 2 is 2.29 bits per heavy atom. The molecule has 3 unspecified atom stereocenters. The topological polar surface area (TPSA) is 33.3 Å². The van der Waals surface area contributed by atoms with Crippen LogP contribution in [0.15, 0.2) is 0 Å². The third-order valence-electron chi connectivity index (χ3n) is 4.56. The lowest BCUT2D eigenvalue weighted by molar-refractivity contribution is 0.0885. The summed E-state index contributed by atoms with van der Waals surface area (Å²) in [5, 5.41) is 7.31. The van der Waals surface area contributed by atoms with Crippen molar-refractivity contribution in [2.45, 2.75) is 70.1 Å². The van der Waals surface area contributed by atoms with Crippen LogP contribution in [-0.2, 0) is 4.74 Å². The van der Waals surface area contributed by atoms with Crippen LogP contribution in [0.4, 0.5) is 0 Å². The molecule has 2 rings (SSSR count). The van der Waals surface area contributed by atoms with E-state index < -0.39 is 0 Å². The molecule has 0 radical (unpaired) electrons. The van der Waals surface area contributed by atoms with Crippen molar-refractivity contribution in [3.63, 3.8) is 0 Å². The van der Waals surface area contributed by atoms with E-state index >= 15 is 0 Å². The molecule has 2 aliphatic heterocycles. The molecule has 0 bridgehead atoms. The molecule has 3 nitrogen and oxygen atoms in total. The van der Waals surface area contributed by atoms with Gasteiger partial charge in [0.15, 0.2) is 0 Å². The van der Waals surface area contributed by atoms with Gasteiger partial charge in [0.2, 0.25) is 0 Å². The zero-order chi connectivity index (χ0) is 12.1. The molecule has 17 heavy (non-hydrogen) atoms. The molecule has 2 saturated heterocycles. The van der Waals surface area contributed by atoms with E-state index in [0.717, 1.165) is 25.6 Å². The monoisotopic (exact) mass is 240 g/mol. The van der Waals surface area contributed by atoms with Gasteiger partial charge in [-0.05, 0) is 59.0 Å². The number of hydrogen-bond acceptors (Lipinski definition) is 3. The predicted octanol–water partition coefficient (Wildman–Crippen LogP) is 2.07. The van der Waals surface area contributed by atoms with Gasteiger partial charge in [0.05, 0.1) is 6.10 Å². The lowest BCUT2D eigenvalue weighted by atomic mass is 9.94. The summed E-state index contributed by atoms with van der Waals surface area (Å²) in [5.74, 6) is 0. The summed E-state index contributed by atoms with van der Waals surface area (Å²) in [6, 6.07) is 0.774. The van der Waals surface area contributed by atoms with Crippen LogP contribution >= 0.6 is 0 Å². The third kappa shape index (κ3) is 3.67. The molecular formula is C14H28N2O. The van der Waals surface area contributed by atoms with Crippen LogP contribution in [0.3, 0.4) is 0 Å². The fourth-order valence-electron chi connectivity index (χ4n) is 2.96. The third-order valence-corrected chi connectivity index (χ3v) is 4.56. The Labute approximate surface area is 106 Å². The lowest BCUT2D eigenvalue weighted by Crippen LogP contribution is -2.48. The van der Waals surface area contributed by atoms with E-state index in [1.165, 1.54) is 38.6 Å². The summed E-state index contributed by atoms with van der Waals surface area (Å²) in [6.45, 7) is 7.74. The Bertz CT molecular complexity index is 228. The molecule has 0 saturated carbocycles. The lowest BCUT2D eigenvalue weighted by Gasteiger charge is -2.30. The minimum Gasteiger partial charge on any atom is -0.377 e. The van der Waals surface area contributed by atoms with Gasteiger partial charge in [-0.2, -0.15) is 0 Å². The summed E-state index contributed by atoms with van der Waals surface area (Å²) in [4.78, 5) is 0. The average Bonchev–Trinajstić information content (AvgIpc) is 2.67. The van der Waals surface area contributed by atoms with Gasteiger partial charge in [-0.1, -0.05) is 6.42 Å². The van der Waals surface area contributed by atoms with Gasteiger partial charge < -0.3 is 15.4 Å². The molecule has 3 heteroatoms. The molecule has 100 valence electrons. The number of hydrogen-bond donors (Lipinski definition) is 2. The number of piperidine rings is 1. The number of ether oxygens (including phenoxy) is 1. The Morgan fingerprint density at radius 3 is 2.94 bits per heavy atom. The average molecular weight is 240 g/mol. The van der Waals surface area contributed by atoms with Gasteiger partial charge in [-0.25, -0.2) is 0 Å². The van der Waals surface area contributed by atoms with Crippen LogP contribution in [0.1, 0.15) is 52.4 Å². The van der Waals surface area contributed by atoms with Crippen molar-refractivity contribution in [1.82, 2.24) is 10.6 Å². The summed E-state index contributed by atoms with van der Waals surface area (Å²) in [5.41, 5.74) is 0.208. The molecule has 2 heterocycles. The van der Waals surface area contributed by atoms with Crippen molar-refractivity contribution in [1.29, 1.82) is 0 Å². The molecule has 0 aromatic carbocycles. The Balaban J connectivity index is 1.59. The molecule has 2 fully saturated rings. The van der Waals surface area contributed by atoms with Crippen LogP contribution in [0.25, 0.3) is 0 Å². The smallest absolute Gasteiger partial charge is 0.0726 e. The molecule has 0 aliphatic carbocycles. The van der Waals surface area contributed by atoms with Gasteiger partial charge in [-0.3, -0.25) is 0 Å². The van der Waals surface area contributed by atoms with Crippen molar-refractivity contribution in [3.05, 3.63) is 0 Å². The highest BCUT2D eigenvalue weighted by Gasteiger charge is 2.36. The van der Waals surface area contributed by atoms with E-state index in [9.17, 15) is 0 Å². The maximum absolute atomic E-state index is 5.64. The first-order valence-electron chi connectivity index (χ1n) is 7.31. The van der Waals surface area contributed by atoms with E-state index in [2.05, 4.69) is 24.5 Å². The fourth-order valence-corrected chi connectivity index (χ4v) is 2.96. The van der Waals surface area contributed by atoms with Gasteiger partial charge in [0.25, 0.3) is 0 Å². The first-order valence-corrected chi connectivity index (χ1v) is 7.31. The highest BCUT2D eigenvalue weighted by molar-refractivity contribution is 4.93. The molecule has 0 aromatic heterocycles. The zero-order valence-electron chi connectivity index (χ0n) is 11.4. The van der Waals surface area contributed by atoms with Crippen LogP contribution in [0, 0.1) is 0 Å². The van der Waals surface area contributed by atoms with Gasteiger partial charge in [0, 0.05) is 18.2 Å². The first-order chi connectivity index (χ1) is 8.21. The Kier molecular flexibility index (Phi) is 4.83. The van der Waals surface area contributed by atoms with Crippen LogP contribution in [0.2, 0.25) is 0 Å². The Morgan fingerprint density at radius 1 is 1.41 bits per heavy atom. The highest BCUT2D eigenvalue weighted by atomic mass is 16.5. The van der Waals surface area contributed by atoms with E-state index in [-0.39, 0.29) is 5.54 Å². The molecule has 2 N–H and O–H groups in total. The van der Waals surface area contributed by atoms with Crippen LogP contribution in [-0.4, -0.2) is 37.4 Å². The molecule has 0 amide bonds. The molecule has 2 aliphatic rings. The molecular weight excluding hydrogens is 212 g/mol. The van der Waals surface area contributed by atoms with Crippen molar-refractivity contribution >= 4 is 0 Å². The second-order valence-corrected chi connectivity index (χ2v) is 5.90. The molecule has 0 spiro atoms. The number of rotatable bonds is 5. The summed E-state index contributed by atoms with van der Waals surface area (Å²) < 4.78 is 5.64. The standard InChI is InChI=1S/C14H28N2O/c1-12-14(2,8-11-17-12)16-10-5-7-13-6-3-4-9-15-13/h12-13,15-16H,3-11H2,1-2H3. The minimum atomic E-state index is 0.208. The summed E-state index contributed by atoms with van der Waals surface area (Å²) in [7, 11) is 0.